The molecule has 0 aromatic heterocycles. The number of sulfonamides is 1. The summed E-state index contributed by atoms with van der Waals surface area (Å²) < 4.78 is 31.5. The van der Waals surface area contributed by atoms with Crippen LogP contribution in [0.15, 0.2) is 34.3 Å². The summed E-state index contributed by atoms with van der Waals surface area (Å²) in [6.07, 6.45) is 3.68. The van der Waals surface area contributed by atoms with E-state index in [0.717, 1.165) is 38.7 Å². The van der Waals surface area contributed by atoms with Crippen molar-refractivity contribution in [1.82, 2.24) is 9.19 Å². The van der Waals surface area contributed by atoms with Crippen molar-refractivity contribution in [3.63, 3.8) is 0 Å². The van der Waals surface area contributed by atoms with Gasteiger partial charge in [0, 0.05) is 49.1 Å². The number of amidine groups is 1. The van der Waals surface area contributed by atoms with E-state index in [1.54, 1.807) is 12.1 Å². The summed E-state index contributed by atoms with van der Waals surface area (Å²) in [6.45, 7) is 0.630. The van der Waals surface area contributed by atoms with Gasteiger partial charge in [0.15, 0.2) is 5.03 Å². The van der Waals surface area contributed by atoms with Crippen LogP contribution >= 0.6 is 30.3 Å². The Hall–Kier alpha value is -1.36. The molecular weight excluding hydrogens is 537 g/mol. The molecule has 0 spiro atoms. The van der Waals surface area contributed by atoms with Crippen LogP contribution in [0.3, 0.4) is 0 Å². The Kier molecular flexibility index (Phi) is 9.67. The van der Waals surface area contributed by atoms with Crippen molar-refractivity contribution >= 4 is 52.1 Å². The number of anilines is 1. The minimum atomic E-state index is -3.83. The zero-order valence-corrected chi connectivity index (χ0v) is 19.4. The monoisotopic (exact) mass is 559 g/mol. The van der Waals surface area contributed by atoms with Gasteiger partial charge in [0.1, 0.15) is 5.10 Å². The van der Waals surface area contributed by atoms with E-state index in [2.05, 4.69) is 15.7 Å². The first kappa shape index (κ1) is 23.9. The summed E-state index contributed by atoms with van der Waals surface area (Å²) in [5.41, 5.74) is 0.581. The number of hydrazone groups is 1. The van der Waals surface area contributed by atoms with Gasteiger partial charge >= 0.3 is 6.02 Å². The van der Waals surface area contributed by atoms with Gasteiger partial charge < -0.3 is 15.4 Å². The van der Waals surface area contributed by atoms with Gasteiger partial charge in [-0.3, -0.25) is 4.84 Å². The molecule has 14 heteroatoms. The van der Waals surface area contributed by atoms with Gasteiger partial charge in [0.25, 0.3) is 10.0 Å². The second-order valence-corrected chi connectivity index (χ2v) is 9.64. The maximum atomic E-state index is 12.9. The second kappa shape index (κ2) is 11.7. The van der Waals surface area contributed by atoms with Crippen LogP contribution < -0.4 is 10.6 Å². The van der Waals surface area contributed by atoms with E-state index in [0.29, 0.717) is 12.2 Å². The van der Waals surface area contributed by atoms with Crippen molar-refractivity contribution in [3.05, 3.63) is 34.4 Å². The molecule has 162 valence electrons. The third kappa shape index (κ3) is 7.44. The Bertz CT molecular complexity index is 819. The SMILES string of the molecule is CO/C(=N\[N+](=O)[O-])NCCNc1cccc(S(=O)(=O)N(OC2CCCC2)SI)c1. The number of benzene rings is 1. The number of halogens is 1. The standard InChI is InChI=1S/C15H22IN5O6S2/c1-26-15(19-20(22)23)18-10-9-17-12-5-4-8-14(11-12)29(24,25)21(28-16)27-13-6-2-3-7-13/h4-5,8,11,13,17H,2-3,6-7,9-10H2,1H3,(H,18,19). The van der Waals surface area contributed by atoms with Crippen LogP contribution in [0.4, 0.5) is 5.69 Å². The van der Waals surface area contributed by atoms with Crippen molar-refractivity contribution in [2.75, 3.05) is 25.5 Å². The lowest BCUT2D eigenvalue weighted by atomic mass is 10.3. The Morgan fingerprint density at radius 3 is 2.76 bits per heavy atom. The predicted octanol–water partition coefficient (Wildman–Crippen LogP) is 2.75. The van der Waals surface area contributed by atoms with Crippen molar-refractivity contribution in [2.45, 2.75) is 36.7 Å². The largest absolute Gasteiger partial charge is 0.464 e. The van der Waals surface area contributed by atoms with Gasteiger partial charge in [-0.15, -0.1) is 0 Å². The van der Waals surface area contributed by atoms with E-state index in [1.165, 1.54) is 19.2 Å². The molecule has 1 aliphatic carbocycles. The van der Waals surface area contributed by atoms with Crippen molar-refractivity contribution in [1.29, 1.82) is 0 Å². The Labute approximate surface area is 185 Å². The molecule has 1 fully saturated rings. The molecule has 1 saturated carbocycles. The highest BCUT2D eigenvalue weighted by atomic mass is 127. The first-order valence-corrected chi connectivity index (χ1v) is 13.5. The lowest BCUT2D eigenvalue weighted by Crippen LogP contribution is -2.31. The summed E-state index contributed by atoms with van der Waals surface area (Å²) >= 11 is 1.89. The molecule has 0 atom stereocenters. The minimum Gasteiger partial charge on any atom is -0.464 e. The molecule has 0 unspecified atom stereocenters. The highest BCUT2D eigenvalue weighted by Gasteiger charge is 2.30. The number of methoxy groups -OCH3 is 1. The van der Waals surface area contributed by atoms with Crippen LogP contribution in [0.2, 0.25) is 0 Å². The predicted molar refractivity (Wildman–Crippen MR) is 118 cm³/mol. The van der Waals surface area contributed by atoms with Crippen LogP contribution in [0, 0.1) is 10.1 Å². The summed E-state index contributed by atoms with van der Waals surface area (Å²) in [6, 6.07) is 6.15. The molecule has 0 radical (unpaired) electrons. The molecule has 11 nitrogen and oxygen atoms in total. The summed E-state index contributed by atoms with van der Waals surface area (Å²) in [4.78, 5) is 16.1. The molecule has 1 aromatic rings. The van der Waals surface area contributed by atoms with Crippen molar-refractivity contribution in [3.8, 4) is 0 Å². The zero-order chi connectivity index (χ0) is 21.3. The van der Waals surface area contributed by atoms with Gasteiger partial charge in [0.05, 0.1) is 18.1 Å². The molecular formula is C15H22IN5O6S2. The maximum absolute atomic E-state index is 12.9. The number of rotatable bonds is 10. The topological polar surface area (TPSA) is 135 Å². The Morgan fingerprint density at radius 1 is 1.41 bits per heavy atom. The molecule has 1 aromatic carbocycles. The average Bonchev–Trinajstić information content (AvgIpc) is 3.21. The molecule has 2 N–H and O–H groups in total. The van der Waals surface area contributed by atoms with E-state index in [-0.39, 0.29) is 23.6 Å². The van der Waals surface area contributed by atoms with Gasteiger partial charge in [0.2, 0.25) is 0 Å². The fourth-order valence-corrected chi connectivity index (χ4v) is 6.50. The average molecular weight is 559 g/mol. The van der Waals surface area contributed by atoms with Crippen LogP contribution in [0.1, 0.15) is 25.7 Å². The van der Waals surface area contributed by atoms with E-state index in [9.17, 15) is 18.5 Å². The third-order valence-electron chi connectivity index (χ3n) is 4.02. The van der Waals surface area contributed by atoms with Gasteiger partial charge in [-0.2, -0.15) is 0 Å². The minimum absolute atomic E-state index is 0.0877. The van der Waals surface area contributed by atoms with Crippen LogP contribution in [-0.2, 0) is 19.6 Å². The second-order valence-electron chi connectivity index (χ2n) is 6.01. The molecule has 0 saturated heterocycles. The summed E-state index contributed by atoms with van der Waals surface area (Å²) in [5.74, 6) is 0. The summed E-state index contributed by atoms with van der Waals surface area (Å²) in [5, 5.41) is 18.2. The number of nitro groups is 1. The first-order chi connectivity index (χ1) is 13.9. The third-order valence-corrected chi connectivity index (χ3v) is 8.23. The van der Waals surface area contributed by atoms with E-state index in [1.807, 2.05) is 21.2 Å². The van der Waals surface area contributed by atoms with Gasteiger partial charge in [-0.1, -0.05) is 18.9 Å². The van der Waals surface area contributed by atoms with E-state index in [4.69, 9.17) is 9.57 Å². The highest BCUT2D eigenvalue weighted by molar-refractivity contribution is 14.2. The maximum Gasteiger partial charge on any atom is 0.358 e. The number of hydrogen-bond acceptors (Lipinski definition) is 8. The van der Waals surface area contributed by atoms with Crippen LogP contribution in [0.25, 0.3) is 0 Å². The normalized spacial score (nSPS) is 15.5. The number of ether oxygens (including phenoxy) is 1. The Morgan fingerprint density at radius 2 is 2.14 bits per heavy atom. The first-order valence-electron chi connectivity index (χ1n) is 8.72. The fourth-order valence-electron chi connectivity index (χ4n) is 2.68. The zero-order valence-electron chi connectivity index (χ0n) is 15.6. The van der Waals surface area contributed by atoms with Crippen LogP contribution in [-0.4, -0.2) is 49.6 Å². The van der Waals surface area contributed by atoms with Gasteiger partial charge in [-0.05, 0) is 34.9 Å². The van der Waals surface area contributed by atoms with Gasteiger partial charge in [-0.25, -0.2) is 18.5 Å². The molecule has 1 aliphatic rings. The number of hydrogen-bond donors (Lipinski definition) is 2. The quantitative estimate of drug-likeness (QED) is 0.0844. The van der Waals surface area contributed by atoms with Crippen LogP contribution in [0.5, 0.6) is 0 Å². The molecule has 0 heterocycles. The fraction of sp³-hybridized carbons (Fsp3) is 0.533. The molecule has 0 aliphatic heterocycles. The molecule has 2 rings (SSSR count). The number of nitrogens with zero attached hydrogens (tertiary/aromatic N) is 3. The number of nitrogens with one attached hydrogen (secondary N) is 2. The molecule has 0 bridgehead atoms. The van der Waals surface area contributed by atoms with E-state index < -0.39 is 15.1 Å². The smallest absolute Gasteiger partial charge is 0.358 e. The Balaban J connectivity index is 1.97. The lowest BCUT2D eigenvalue weighted by molar-refractivity contribution is -0.486. The van der Waals surface area contributed by atoms with Crippen molar-refractivity contribution < 1.29 is 23.0 Å². The lowest BCUT2D eigenvalue weighted by Gasteiger charge is -2.21. The molecule has 29 heavy (non-hydrogen) atoms. The highest BCUT2D eigenvalue weighted by Crippen LogP contribution is 2.33. The van der Waals surface area contributed by atoms with E-state index >= 15 is 0 Å². The summed E-state index contributed by atoms with van der Waals surface area (Å²) in [7, 11) is -1.58. The van der Waals surface area contributed by atoms with Crippen molar-refractivity contribution in [2.24, 2.45) is 5.10 Å². The molecule has 0 amide bonds.